The van der Waals surface area contributed by atoms with Crippen LogP contribution in [0, 0.1) is 10.1 Å². The average molecular weight is 449 g/mol. The lowest BCUT2D eigenvalue weighted by molar-refractivity contribution is -0.386. The summed E-state index contributed by atoms with van der Waals surface area (Å²) < 4.78 is 8.89. The molecule has 2 heterocycles. The minimum atomic E-state index is -0.553. The van der Waals surface area contributed by atoms with Crippen molar-refractivity contribution >= 4 is 16.9 Å². The second-order valence-electron chi connectivity index (χ2n) is 7.55. The van der Waals surface area contributed by atoms with Gasteiger partial charge in [0.15, 0.2) is 16.9 Å². The number of nitro benzene ring substituents is 1. The first kappa shape index (κ1) is 22.0. The van der Waals surface area contributed by atoms with Gasteiger partial charge in [0.05, 0.1) is 11.5 Å². The molecular weight excluding hydrogens is 426 g/mol. The summed E-state index contributed by atoms with van der Waals surface area (Å²) in [5.74, 6) is 0.515. The lowest BCUT2D eigenvalue weighted by atomic mass is 10.2. The van der Waals surface area contributed by atoms with Gasteiger partial charge in [0.25, 0.3) is 5.56 Å². The number of nitro groups is 1. The predicted molar refractivity (Wildman–Crippen MR) is 122 cm³/mol. The smallest absolute Gasteiger partial charge is 0.330 e. The summed E-state index contributed by atoms with van der Waals surface area (Å²) in [6.07, 6.45) is 1.66. The molecule has 1 N–H and O–H groups in total. The van der Waals surface area contributed by atoms with E-state index in [2.05, 4.69) is 9.97 Å². The molecule has 10 nitrogen and oxygen atoms in total. The Hall–Kier alpha value is -4.21. The van der Waals surface area contributed by atoms with Crippen molar-refractivity contribution in [3.63, 3.8) is 0 Å². The minimum Gasteiger partial charge on any atom is -0.479 e. The molecule has 0 aliphatic carbocycles. The molecule has 0 unspecified atom stereocenters. The van der Waals surface area contributed by atoms with E-state index in [9.17, 15) is 19.7 Å². The SMILES string of the molecule is CCCCn1c(COc2ccccc2[N+](=O)[O-])nc2c1c(=O)[nH]c(=O)n2Cc1ccccc1. The summed E-state index contributed by atoms with van der Waals surface area (Å²) >= 11 is 0. The van der Waals surface area contributed by atoms with E-state index in [0.717, 1.165) is 18.4 Å². The topological polar surface area (TPSA) is 125 Å². The van der Waals surface area contributed by atoms with Crippen molar-refractivity contribution in [1.82, 2.24) is 19.1 Å². The van der Waals surface area contributed by atoms with Crippen LogP contribution in [0.4, 0.5) is 5.69 Å². The summed E-state index contributed by atoms with van der Waals surface area (Å²) in [7, 11) is 0. The number of nitrogens with zero attached hydrogens (tertiary/aromatic N) is 4. The first-order valence-corrected chi connectivity index (χ1v) is 10.6. The number of rotatable bonds is 9. The Bertz CT molecular complexity index is 1400. The number of benzene rings is 2. The van der Waals surface area contributed by atoms with Crippen LogP contribution in [0.1, 0.15) is 31.2 Å². The van der Waals surface area contributed by atoms with E-state index in [1.54, 1.807) is 16.7 Å². The van der Waals surface area contributed by atoms with Crippen LogP contribution in [0.5, 0.6) is 5.75 Å². The maximum Gasteiger partial charge on any atom is 0.330 e. The molecule has 2 aromatic carbocycles. The molecule has 0 radical (unpaired) electrons. The molecule has 0 bridgehead atoms. The van der Waals surface area contributed by atoms with Crippen molar-refractivity contribution in [2.45, 2.75) is 39.5 Å². The summed E-state index contributed by atoms with van der Waals surface area (Å²) in [4.78, 5) is 43.2. The third-order valence-corrected chi connectivity index (χ3v) is 5.30. The largest absolute Gasteiger partial charge is 0.479 e. The number of hydrogen-bond acceptors (Lipinski definition) is 6. The lowest BCUT2D eigenvalue weighted by Crippen LogP contribution is -2.31. The molecule has 0 spiro atoms. The maximum absolute atomic E-state index is 12.8. The fourth-order valence-corrected chi connectivity index (χ4v) is 3.67. The number of hydrogen-bond donors (Lipinski definition) is 1. The Morgan fingerprint density at radius 2 is 1.79 bits per heavy atom. The second-order valence-corrected chi connectivity index (χ2v) is 7.55. The first-order valence-electron chi connectivity index (χ1n) is 10.6. The zero-order valence-electron chi connectivity index (χ0n) is 18.1. The van der Waals surface area contributed by atoms with E-state index in [0.29, 0.717) is 12.4 Å². The number of aromatic nitrogens is 4. The van der Waals surface area contributed by atoms with Crippen LogP contribution in [0.25, 0.3) is 11.2 Å². The van der Waals surface area contributed by atoms with E-state index in [4.69, 9.17) is 4.74 Å². The van der Waals surface area contributed by atoms with Crippen LogP contribution in [-0.4, -0.2) is 24.0 Å². The molecule has 0 saturated carbocycles. The third-order valence-electron chi connectivity index (χ3n) is 5.30. The zero-order chi connectivity index (χ0) is 23.4. The molecule has 0 aliphatic rings. The number of imidazole rings is 1. The Labute approximate surface area is 188 Å². The van der Waals surface area contributed by atoms with Gasteiger partial charge in [-0.2, -0.15) is 0 Å². The highest BCUT2D eigenvalue weighted by Gasteiger charge is 2.20. The normalized spacial score (nSPS) is 11.1. The van der Waals surface area contributed by atoms with Gasteiger partial charge in [-0.3, -0.25) is 24.5 Å². The van der Waals surface area contributed by atoms with E-state index in [1.165, 1.54) is 16.7 Å². The van der Waals surface area contributed by atoms with Crippen molar-refractivity contribution in [3.8, 4) is 5.75 Å². The molecule has 33 heavy (non-hydrogen) atoms. The van der Waals surface area contributed by atoms with Gasteiger partial charge >= 0.3 is 11.4 Å². The van der Waals surface area contributed by atoms with Crippen molar-refractivity contribution in [1.29, 1.82) is 0 Å². The fourth-order valence-electron chi connectivity index (χ4n) is 3.67. The molecule has 170 valence electrons. The summed E-state index contributed by atoms with van der Waals surface area (Å²) in [5, 5.41) is 11.3. The van der Waals surface area contributed by atoms with E-state index >= 15 is 0 Å². The van der Waals surface area contributed by atoms with Crippen LogP contribution in [0.3, 0.4) is 0 Å². The second kappa shape index (κ2) is 9.51. The third kappa shape index (κ3) is 4.54. The van der Waals surface area contributed by atoms with Gasteiger partial charge in [-0.05, 0) is 18.1 Å². The zero-order valence-corrected chi connectivity index (χ0v) is 18.1. The van der Waals surface area contributed by atoms with Gasteiger partial charge in [-0.25, -0.2) is 9.78 Å². The first-order chi connectivity index (χ1) is 16.0. The van der Waals surface area contributed by atoms with E-state index < -0.39 is 16.2 Å². The number of fused-ring (bicyclic) bond motifs is 1. The number of aryl methyl sites for hydroxylation is 1. The number of aromatic amines is 1. The van der Waals surface area contributed by atoms with Crippen molar-refractivity contribution in [2.24, 2.45) is 0 Å². The van der Waals surface area contributed by atoms with Crippen LogP contribution in [-0.2, 0) is 19.7 Å². The molecule has 10 heteroatoms. The maximum atomic E-state index is 12.8. The summed E-state index contributed by atoms with van der Waals surface area (Å²) in [6.45, 7) is 2.66. The number of H-pyrrole nitrogens is 1. The molecule has 0 atom stereocenters. The molecule has 0 saturated heterocycles. The molecule has 0 amide bonds. The minimum absolute atomic E-state index is 0.0950. The molecule has 0 fully saturated rings. The van der Waals surface area contributed by atoms with E-state index in [-0.39, 0.29) is 35.8 Å². The van der Waals surface area contributed by atoms with E-state index in [1.807, 2.05) is 37.3 Å². The van der Waals surface area contributed by atoms with Crippen molar-refractivity contribution in [2.75, 3.05) is 0 Å². The van der Waals surface area contributed by atoms with Crippen LogP contribution in [0.15, 0.2) is 64.2 Å². The highest BCUT2D eigenvalue weighted by Crippen LogP contribution is 2.27. The van der Waals surface area contributed by atoms with Crippen LogP contribution in [0.2, 0.25) is 0 Å². The molecule has 2 aromatic heterocycles. The summed E-state index contributed by atoms with van der Waals surface area (Å²) in [5.41, 5.74) is 0.175. The van der Waals surface area contributed by atoms with Gasteiger partial charge in [-0.15, -0.1) is 0 Å². The van der Waals surface area contributed by atoms with Gasteiger partial charge < -0.3 is 9.30 Å². The van der Waals surface area contributed by atoms with Crippen LogP contribution < -0.4 is 16.0 Å². The van der Waals surface area contributed by atoms with Crippen molar-refractivity contribution in [3.05, 3.63) is 96.9 Å². The average Bonchev–Trinajstić information content (AvgIpc) is 3.18. The van der Waals surface area contributed by atoms with Gasteiger partial charge in [-0.1, -0.05) is 55.8 Å². The van der Waals surface area contributed by atoms with Crippen molar-refractivity contribution < 1.29 is 9.66 Å². The van der Waals surface area contributed by atoms with Crippen LogP contribution >= 0.6 is 0 Å². The highest BCUT2D eigenvalue weighted by molar-refractivity contribution is 5.71. The highest BCUT2D eigenvalue weighted by atomic mass is 16.6. The predicted octanol–water partition coefficient (Wildman–Crippen LogP) is 3.22. The standard InChI is InChI=1S/C23H23N5O5/c1-2-3-13-26-19(15-33-18-12-8-7-11-17(18)28(31)32)24-21-20(26)22(29)25-23(30)27(21)14-16-9-5-4-6-10-16/h4-12H,2-3,13-15H2,1H3,(H,25,29,30). The lowest BCUT2D eigenvalue weighted by Gasteiger charge is -2.10. The molecule has 4 aromatic rings. The number of nitrogens with one attached hydrogen (secondary N) is 1. The quantitative estimate of drug-likeness (QED) is 0.309. The summed E-state index contributed by atoms with van der Waals surface area (Å²) in [6, 6.07) is 15.5. The number of para-hydroxylation sites is 2. The molecule has 4 rings (SSSR count). The Kier molecular flexibility index (Phi) is 6.34. The Balaban J connectivity index is 1.80. The van der Waals surface area contributed by atoms with Gasteiger partial charge in [0.1, 0.15) is 12.4 Å². The Morgan fingerprint density at radius 1 is 1.06 bits per heavy atom. The van der Waals surface area contributed by atoms with Gasteiger partial charge in [0.2, 0.25) is 0 Å². The van der Waals surface area contributed by atoms with Gasteiger partial charge in [0, 0.05) is 12.6 Å². The molecular formula is C23H23N5O5. The Morgan fingerprint density at radius 3 is 2.52 bits per heavy atom. The molecule has 0 aliphatic heterocycles. The fraction of sp³-hybridized carbons (Fsp3) is 0.261. The number of unbranched alkanes of at least 4 members (excludes halogenated alkanes) is 1. The number of ether oxygens (including phenoxy) is 1. The monoisotopic (exact) mass is 449 g/mol.